The second kappa shape index (κ2) is 7.23. The van der Waals surface area contributed by atoms with Gasteiger partial charge in [-0.2, -0.15) is 13.2 Å². The summed E-state index contributed by atoms with van der Waals surface area (Å²) in [6.45, 7) is 3.24. The Morgan fingerprint density at radius 3 is 2.24 bits per heavy atom. The second-order valence-electron chi connectivity index (χ2n) is 5.96. The van der Waals surface area contributed by atoms with E-state index in [-0.39, 0.29) is 11.5 Å². The first-order valence-electron chi connectivity index (χ1n) is 8.02. The molecular formula is C18H18F3N3O. The number of nitrogens with zero attached hydrogens (tertiary/aromatic N) is 3. The zero-order valence-corrected chi connectivity index (χ0v) is 13.5. The highest BCUT2D eigenvalue weighted by atomic mass is 19.4. The van der Waals surface area contributed by atoms with E-state index in [0.717, 1.165) is 24.4 Å². The van der Waals surface area contributed by atoms with Gasteiger partial charge in [0.15, 0.2) is 0 Å². The van der Waals surface area contributed by atoms with Crippen molar-refractivity contribution in [3.8, 4) is 0 Å². The van der Waals surface area contributed by atoms with Crippen LogP contribution >= 0.6 is 0 Å². The summed E-state index contributed by atoms with van der Waals surface area (Å²) in [5, 5.41) is 0. The van der Waals surface area contributed by atoms with Crippen LogP contribution in [0.2, 0.25) is 0 Å². The van der Waals surface area contributed by atoms with Crippen LogP contribution in [0.25, 0.3) is 0 Å². The smallest absolute Gasteiger partial charge is 0.336 e. The van der Waals surface area contributed by atoms with Gasteiger partial charge in [-0.15, -0.1) is 0 Å². The summed E-state index contributed by atoms with van der Waals surface area (Å²) in [5.41, 5.74) is 0.514. The summed E-state index contributed by atoms with van der Waals surface area (Å²) in [6, 6.07) is 10.1. The summed E-state index contributed by atoms with van der Waals surface area (Å²) >= 11 is 0. The Labute approximate surface area is 143 Å². The minimum absolute atomic E-state index is 0.230. The highest BCUT2D eigenvalue weighted by Gasteiger charge is 2.30. The van der Waals surface area contributed by atoms with E-state index in [1.165, 1.54) is 12.1 Å². The van der Waals surface area contributed by atoms with Crippen molar-refractivity contribution in [2.45, 2.75) is 12.7 Å². The summed E-state index contributed by atoms with van der Waals surface area (Å²) in [7, 11) is 0. The predicted octanol–water partition coefficient (Wildman–Crippen LogP) is 3.06. The van der Waals surface area contributed by atoms with Gasteiger partial charge in [0.05, 0.1) is 11.3 Å². The van der Waals surface area contributed by atoms with Crippen LogP contribution in [-0.2, 0) is 12.7 Å². The van der Waals surface area contributed by atoms with E-state index in [1.807, 2.05) is 18.2 Å². The number of carbonyl (C=O) groups excluding carboxylic acids is 1. The third kappa shape index (κ3) is 4.36. The van der Waals surface area contributed by atoms with Crippen LogP contribution < -0.4 is 0 Å². The Balaban J connectivity index is 1.56. The van der Waals surface area contributed by atoms with E-state index < -0.39 is 11.7 Å². The van der Waals surface area contributed by atoms with Crippen molar-refractivity contribution in [2.75, 3.05) is 26.2 Å². The van der Waals surface area contributed by atoms with Crippen LogP contribution in [0.3, 0.4) is 0 Å². The summed E-state index contributed by atoms with van der Waals surface area (Å²) in [6.07, 6.45) is -2.64. The Hall–Kier alpha value is -2.41. The summed E-state index contributed by atoms with van der Waals surface area (Å²) in [4.78, 5) is 20.6. The van der Waals surface area contributed by atoms with Gasteiger partial charge in [0, 0.05) is 44.5 Å². The molecule has 0 atom stereocenters. The molecule has 1 aromatic heterocycles. The average molecular weight is 349 g/mol. The van der Waals surface area contributed by atoms with Gasteiger partial charge >= 0.3 is 6.18 Å². The first kappa shape index (κ1) is 17.4. The van der Waals surface area contributed by atoms with Crippen LogP contribution in [0.5, 0.6) is 0 Å². The minimum atomic E-state index is -4.39. The van der Waals surface area contributed by atoms with E-state index in [9.17, 15) is 18.0 Å². The van der Waals surface area contributed by atoms with Gasteiger partial charge in [-0.3, -0.25) is 14.7 Å². The number of rotatable bonds is 3. The molecule has 1 aromatic carbocycles. The van der Waals surface area contributed by atoms with Gasteiger partial charge in [-0.25, -0.2) is 0 Å². The van der Waals surface area contributed by atoms with E-state index in [4.69, 9.17) is 0 Å². The van der Waals surface area contributed by atoms with Crippen LogP contribution in [0.4, 0.5) is 13.2 Å². The van der Waals surface area contributed by atoms with Gasteiger partial charge < -0.3 is 4.90 Å². The van der Waals surface area contributed by atoms with Gasteiger partial charge in [-0.05, 0) is 36.4 Å². The number of halogens is 3. The lowest BCUT2D eigenvalue weighted by Crippen LogP contribution is -2.48. The second-order valence-corrected chi connectivity index (χ2v) is 5.96. The molecule has 0 bridgehead atoms. The normalized spacial score (nSPS) is 16.0. The van der Waals surface area contributed by atoms with E-state index in [2.05, 4.69) is 9.88 Å². The molecule has 1 aliphatic rings. The number of amides is 1. The highest BCUT2D eigenvalue weighted by molar-refractivity contribution is 5.94. The van der Waals surface area contributed by atoms with Gasteiger partial charge in [-0.1, -0.05) is 6.07 Å². The Bertz CT molecular complexity index is 709. The van der Waals surface area contributed by atoms with Crippen molar-refractivity contribution >= 4 is 5.91 Å². The maximum atomic E-state index is 12.6. The average Bonchev–Trinajstić information content (AvgIpc) is 2.62. The molecule has 0 N–H and O–H groups in total. The molecule has 0 unspecified atom stereocenters. The molecule has 4 nitrogen and oxygen atoms in total. The Morgan fingerprint density at radius 2 is 1.68 bits per heavy atom. The number of hydrogen-bond donors (Lipinski definition) is 0. The molecule has 2 heterocycles. The molecule has 0 spiro atoms. The largest absolute Gasteiger partial charge is 0.416 e. The third-order valence-corrected chi connectivity index (χ3v) is 4.23. The van der Waals surface area contributed by atoms with Crippen molar-refractivity contribution in [2.24, 2.45) is 0 Å². The number of carbonyl (C=O) groups is 1. The van der Waals surface area contributed by atoms with Crippen LogP contribution in [-0.4, -0.2) is 46.9 Å². The lowest BCUT2D eigenvalue weighted by molar-refractivity contribution is -0.137. The standard InChI is InChI=1S/C18H18F3N3O/c19-18(20,21)15-6-4-14(5-7-15)17(25)24-11-9-23(10-12-24)13-16-3-1-2-8-22-16/h1-8H,9-13H2. The molecule has 0 saturated carbocycles. The molecule has 1 amide bonds. The number of pyridine rings is 1. The van der Waals surface area contributed by atoms with Crippen molar-refractivity contribution in [1.29, 1.82) is 0 Å². The maximum Gasteiger partial charge on any atom is 0.416 e. The van der Waals surface area contributed by atoms with Crippen LogP contribution in [0.15, 0.2) is 48.7 Å². The molecule has 25 heavy (non-hydrogen) atoms. The van der Waals surface area contributed by atoms with Gasteiger partial charge in [0.1, 0.15) is 0 Å². The quantitative estimate of drug-likeness (QED) is 0.855. The summed E-state index contributed by atoms with van der Waals surface area (Å²) in [5.74, 6) is -0.230. The lowest BCUT2D eigenvalue weighted by Gasteiger charge is -2.34. The number of benzene rings is 1. The molecule has 1 fully saturated rings. The van der Waals surface area contributed by atoms with Crippen molar-refractivity contribution < 1.29 is 18.0 Å². The molecule has 7 heteroatoms. The van der Waals surface area contributed by atoms with Crippen LogP contribution in [0, 0.1) is 0 Å². The topological polar surface area (TPSA) is 36.4 Å². The molecule has 1 saturated heterocycles. The Kier molecular flexibility index (Phi) is 5.03. The van der Waals surface area contributed by atoms with E-state index >= 15 is 0 Å². The fourth-order valence-electron chi connectivity index (χ4n) is 2.81. The van der Waals surface area contributed by atoms with Gasteiger partial charge in [0.2, 0.25) is 0 Å². The SMILES string of the molecule is O=C(c1ccc(C(F)(F)F)cc1)N1CCN(Cc2ccccn2)CC1. The van der Waals surface area contributed by atoms with Crippen molar-refractivity contribution in [1.82, 2.24) is 14.8 Å². The minimum Gasteiger partial charge on any atom is -0.336 e. The monoisotopic (exact) mass is 349 g/mol. The predicted molar refractivity (Wildman–Crippen MR) is 86.9 cm³/mol. The fraction of sp³-hybridized carbons (Fsp3) is 0.333. The number of alkyl halides is 3. The zero-order valence-electron chi connectivity index (χ0n) is 13.5. The first-order chi connectivity index (χ1) is 11.9. The van der Waals surface area contributed by atoms with Crippen molar-refractivity contribution in [3.05, 3.63) is 65.5 Å². The van der Waals surface area contributed by atoms with E-state index in [1.54, 1.807) is 11.1 Å². The third-order valence-electron chi connectivity index (χ3n) is 4.23. The number of piperazine rings is 1. The fourth-order valence-corrected chi connectivity index (χ4v) is 2.81. The molecule has 0 aliphatic carbocycles. The van der Waals surface area contributed by atoms with E-state index in [0.29, 0.717) is 26.2 Å². The molecule has 0 radical (unpaired) electrons. The molecular weight excluding hydrogens is 331 g/mol. The van der Waals surface area contributed by atoms with Crippen LogP contribution in [0.1, 0.15) is 21.6 Å². The number of aromatic nitrogens is 1. The zero-order chi connectivity index (χ0) is 17.9. The Morgan fingerprint density at radius 1 is 1.00 bits per heavy atom. The molecule has 132 valence electrons. The number of hydrogen-bond acceptors (Lipinski definition) is 3. The molecule has 3 rings (SSSR count). The molecule has 2 aromatic rings. The summed E-state index contributed by atoms with van der Waals surface area (Å²) < 4.78 is 37.8. The molecule has 1 aliphatic heterocycles. The van der Waals surface area contributed by atoms with Crippen molar-refractivity contribution in [3.63, 3.8) is 0 Å². The first-order valence-corrected chi connectivity index (χ1v) is 8.02. The van der Waals surface area contributed by atoms with Gasteiger partial charge in [0.25, 0.3) is 5.91 Å². The maximum absolute atomic E-state index is 12.6. The highest BCUT2D eigenvalue weighted by Crippen LogP contribution is 2.29. The lowest BCUT2D eigenvalue weighted by atomic mass is 10.1.